The van der Waals surface area contributed by atoms with Crippen molar-refractivity contribution in [2.24, 2.45) is 5.92 Å². The van der Waals surface area contributed by atoms with Crippen molar-refractivity contribution in [1.29, 1.82) is 0 Å². The number of nitrogens with zero attached hydrogens (tertiary/aromatic N) is 1. The molecule has 0 aliphatic heterocycles. The summed E-state index contributed by atoms with van der Waals surface area (Å²) < 4.78 is 15.3. The van der Waals surface area contributed by atoms with Gasteiger partial charge < -0.3 is 15.2 Å². The number of aromatic nitrogens is 1. The highest BCUT2D eigenvalue weighted by Gasteiger charge is 2.17. The Labute approximate surface area is 205 Å². The number of anilines is 1. The van der Waals surface area contributed by atoms with E-state index in [1.165, 1.54) is 12.1 Å². The number of fused-ring (bicyclic) bond motifs is 1. The molecular weight excluding hydrogens is 441 g/mol. The molecule has 0 saturated heterocycles. The van der Waals surface area contributed by atoms with E-state index in [4.69, 9.17) is 0 Å². The molecule has 35 heavy (non-hydrogen) atoms. The van der Waals surface area contributed by atoms with Gasteiger partial charge in [-0.25, -0.2) is 4.39 Å². The molecule has 6 heteroatoms. The van der Waals surface area contributed by atoms with Crippen molar-refractivity contribution in [3.05, 3.63) is 100 Å². The van der Waals surface area contributed by atoms with Gasteiger partial charge in [-0.15, -0.1) is 0 Å². The maximum absolute atomic E-state index is 13.4. The van der Waals surface area contributed by atoms with Gasteiger partial charge in [0.1, 0.15) is 11.5 Å². The van der Waals surface area contributed by atoms with E-state index in [1.807, 2.05) is 74.7 Å². The lowest BCUT2D eigenvalue weighted by molar-refractivity contribution is 0.0940. The first-order chi connectivity index (χ1) is 16.7. The molecule has 0 radical (unpaired) electrons. The van der Waals surface area contributed by atoms with Crippen molar-refractivity contribution in [3.8, 4) is 0 Å². The van der Waals surface area contributed by atoms with Crippen molar-refractivity contribution < 1.29 is 14.0 Å². The van der Waals surface area contributed by atoms with Gasteiger partial charge in [0.2, 0.25) is 0 Å². The zero-order valence-electron chi connectivity index (χ0n) is 20.5. The highest BCUT2D eigenvalue weighted by Crippen LogP contribution is 2.26. The van der Waals surface area contributed by atoms with E-state index < -0.39 is 0 Å². The second-order valence-electron chi connectivity index (χ2n) is 9.37. The van der Waals surface area contributed by atoms with E-state index in [0.29, 0.717) is 36.0 Å². The third kappa shape index (κ3) is 5.60. The Balaban J connectivity index is 1.67. The first-order valence-electron chi connectivity index (χ1n) is 11.8. The third-order valence-corrected chi connectivity index (χ3v) is 6.09. The molecule has 2 amide bonds. The number of nitrogens with one attached hydrogen (secondary N) is 2. The lowest BCUT2D eigenvalue weighted by atomic mass is 10.1. The van der Waals surface area contributed by atoms with Gasteiger partial charge in [0, 0.05) is 35.2 Å². The molecule has 180 valence electrons. The van der Waals surface area contributed by atoms with E-state index in [2.05, 4.69) is 10.6 Å². The monoisotopic (exact) mass is 471 g/mol. The Morgan fingerprint density at radius 1 is 0.886 bits per heavy atom. The van der Waals surface area contributed by atoms with Crippen LogP contribution in [0.15, 0.2) is 66.7 Å². The van der Waals surface area contributed by atoms with Gasteiger partial charge in [-0.05, 0) is 85.0 Å². The third-order valence-electron chi connectivity index (χ3n) is 6.09. The Kier molecular flexibility index (Phi) is 7.01. The lowest BCUT2D eigenvalue weighted by Gasteiger charge is -2.13. The standard InChI is InChI=1S/C29H30FN3O2/c1-18(2)16-31-29(35)27-15-23-14-25(32-28(34)22-8-5-19(3)20(4)13-22)11-12-26(23)33(27)17-21-6-9-24(30)10-7-21/h5-15,18H,16-17H2,1-4H3,(H,31,35)(H,32,34). The van der Waals surface area contributed by atoms with E-state index in [1.54, 1.807) is 12.1 Å². The van der Waals surface area contributed by atoms with Crippen LogP contribution in [0, 0.1) is 25.6 Å². The lowest BCUT2D eigenvalue weighted by Crippen LogP contribution is -2.29. The highest BCUT2D eigenvalue weighted by molar-refractivity contribution is 6.06. The van der Waals surface area contributed by atoms with Crippen molar-refractivity contribution >= 4 is 28.4 Å². The Bertz CT molecular complexity index is 1390. The van der Waals surface area contributed by atoms with Gasteiger partial charge in [0.05, 0.1) is 0 Å². The summed E-state index contributed by atoms with van der Waals surface area (Å²) in [5.41, 5.74) is 5.69. The molecule has 0 saturated carbocycles. The molecule has 0 aliphatic carbocycles. The zero-order valence-corrected chi connectivity index (χ0v) is 20.5. The van der Waals surface area contributed by atoms with Crippen molar-refractivity contribution in [3.63, 3.8) is 0 Å². The number of carbonyl (C=O) groups is 2. The molecule has 2 N–H and O–H groups in total. The van der Waals surface area contributed by atoms with Crippen LogP contribution in [0.1, 0.15) is 51.4 Å². The van der Waals surface area contributed by atoms with Gasteiger partial charge in [-0.2, -0.15) is 0 Å². The Hall–Kier alpha value is -3.93. The van der Waals surface area contributed by atoms with Crippen LogP contribution in [0.3, 0.4) is 0 Å². The fourth-order valence-electron chi connectivity index (χ4n) is 3.95. The second kappa shape index (κ2) is 10.1. The average molecular weight is 472 g/mol. The Morgan fingerprint density at radius 3 is 2.31 bits per heavy atom. The van der Waals surface area contributed by atoms with Crippen LogP contribution in [0.2, 0.25) is 0 Å². The van der Waals surface area contributed by atoms with Gasteiger partial charge in [0.25, 0.3) is 11.8 Å². The molecule has 0 spiro atoms. The minimum atomic E-state index is -0.301. The summed E-state index contributed by atoms with van der Waals surface area (Å²) in [5.74, 6) is -0.336. The molecule has 0 fully saturated rings. The molecule has 0 atom stereocenters. The van der Waals surface area contributed by atoms with E-state index >= 15 is 0 Å². The fourth-order valence-corrected chi connectivity index (χ4v) is 3.95. The van der Waals surface area contributed by atoms with E-state index in [9.17, 15) is 14.0 Å². The van der Waals surface area contributed by atoms with Crippen LogP contribution in [0.4, 0.5) is 10.1 Å². The summed E-state index contributed by atoms with van der Waals surface area (Å²) in [6.45, 7) is 9.05. The van der Waals surface area contributed by atoms with Gasteiger partial charge in [-0.1, -0.05) is 32.0 Å². The number of hydrogen-bond donors (Lipinski definition) is 2. The molecule has 5 nitrogen and oxygen atoms in total. The number of rotatable bonds is 7. The predicted octanol–water partition coefficient (Wildman–Crippen LogP) is 6.08. The van der Waals surface area contributed by atoms with Gasteiger partial charge in [0.15, 0.2) is 0 Å². The molecule has 0 aliphatic rings. The molecule has 1 heterocycles. The molecule has 3 aromatic carbocycles. The first-order valence-corrected chi connectivity index (χ1v) is 11.8. The molecular formula is C29H30FN3O2. The molecule has 0 bridgehead atoms. The van der Waals surface area contributed by atoms with Crippen LogP contribution in [0.25, 0.3) is 10.9 Å². The smallest absolute Gasteiger partial charge is 0.267 e. The van der Waals surface area contributed by atoms with Crippen LogP contribution in [-0.4, -0.2) is 22.9 Å². The SMILES string of the molecule is Cc1ccc(C(=O)Nc2ccc3c(c2)cc(C(=O)NCC(C)C)n3Cc2ccc(F)cc2)cc1C. The second-order valence-corrected chi connectivity index (χ2v) is 9.37. The summed E-state index contributed by atoms with van der Waals surface area (Å²) in [5, 5.41) is 6.78. The molecule has 1 aromatic heterocycles. The van der Waals surface area contributed by atoms with Crippen molar-refractivity contribution in [2.75, 3.05) is 11.9 Å². The zero-order chi connectivity index (χ0) is 25.1. The molecule has 0 unspecified atom stereocenters. The number of hydrogen-bond acceptors (Lipinski definition) is 2. The fraction of sp³-hybridized carbons (Fsp3) is 0.241. The number of amides is 2. The van der Waals surface area contributed by atoms with Crippen molar-refractivity contribution in [2.45, 2.75) is 34.2 Å². The normalized spacial score (nSPS) is 11.1. The van der Waals surface area contributed by atoms with E-state index in [0.717, 1.165) is 27.6 Å². The van der Waals surface area contributed by atoms with Crippen LogP contribution < -0.4 is 10.6 Å². The number of benzene rings is 3. The van der Waals surface area contributed by atoms with Crippen molar-refractivity contribution in [1.82, 2.24) is 9.88 Å². The number of carbonyl (C=O) groups excluding carboxylic acids is 2. The minimum absolute atomic E-state index is 0.169. The molecule has 4 rings (SSSR count). The van der Waals surface area contributed by atoms with Crippen LogP contribution in [0.5, 0.6) is 0 Å². The summed E-state index contributed by atoms with van der Waals surface area (Å²) in [7, 11) is 0. The predicted molar refractivity (Wildman–Crippen MR) is 138 cm³/mol. The maximum Gasteiger partial charge on any atom is 0.267 e. The summed E-state index contributed by atoms with van der Waals surface area (Å²) in [6.07, 6.45) is 0. The summed E-state index contributed by atoms with van der Waals surface area (Å²) in [4.78, 5) is 25.8. The van der Waals surface area contributed by atoms with E-state index in [-0.39, 0.29) is 17.6 Å². The number of aryl methyl sites for hydroxylation is 2. The molecule has 4 aromatic rings. The summed E-state index contributed by atoms with van der Waals surface area (Å²) >= 11 is 0. The highest BCUT2D eigenvalue weighted by atomic mass is 19.1. The maximum atomic E-state index is 13.4. The average Bonchev–Trinajstić information content (AvgIpc) is 3.18. The van der Waals surface area contributed by atoms with Gasteiger partial charge in [-0.3, -0.25) is 9.59 Å². The van der Waals surface area contributed by atoms with Crippen LogP contribution in [-0.2, 0) is 6.54 Å². The first kappa shape index (κ1) is 24.2. The Morgan fingerprint density at radius 2 is 1.63 bits per heavy atom. The van der Waals surface area contributed by atoms with Crippen LogP contribution >= 0.6 is 0 Å². The minimum Gasteiger partial charge on any atom is -0.351 e. The topological polar surface area (TPSA) is 63.1 Å². The van der Waals surface area contributed by atoms with Gasteiger partial charge >= 0.3 is 0 Å². The summed E-state index contributed by atoms with van der Waals surface area (Å²) in [6, 6.07) is 19.3. The quantitative estimate of drug-likeness (QED) is 0.343. The largest absolute Gasteiger partial charge is 0.351 e. The number of halogens is 1.